The lowest BCUT2D eigenvalue weighted by Gasteiger charge is -2.27. The highest BCUT2D eigenvalue weighted by molar-refractivity contribution is 7.89. The Morgan fingerprint density at radius 1 is 1.29 bits per heavy atom. The number of anilines is 1. The van der Waals surface area contributed by atoms with Gasteiger partial charge in [0.2, 0.25) is 10.0 Å². The second-order valence-corrected chi connectivity index (χ2v) is 6.13. The van der Waals surface area contributed by atoms with Crippen LogP contribution in [0.25, 0.3) is 0 Å². The minimum atomic E-state index is -3.49. The highest BCUT2D eigenvalue weighted by Crippen LogP contribution is 2.19. The summed E-state index contributed by atoms with van der Waals surface area (Å²) in [6.45, 7) is 5.83. The molecular formula is C12H20N2O2S. The summed E-state index contributed by atoms with van der Waals surface area (Å²) in [4.78, 5) is 0.214. The molecule has 1 aromatic rings. The average Bonchev–Trinajstić information content (AvgIpc) is 2.28. The minimum Gasteiger partial charge on any atom is -0.399 e. The number of sulfonamides is 1. The van der Waals surface area contributed by atoms with E-state index < -0.39 is 15.6 Å². The van der Waals surface area contributed by atoms with Gasteiger partial charge in [-0.2, -0.15) is 0 Å². The molecule has 0 aliphatic rings. The van der Waals surface area contributed by atoms with Gasteiger partial charge in [0.05, 0.1) is 4.90 Å². The van der Waals surface area contributed by atoms with Gasteiger partial charge in [-0.25, -0.2) is 13.1 Å². The number of benzene rings is 1. The maximum absolute atomic E-state index is 12.2. The van der Waals surface area contributed by atoms with Crippen LogP contribution in [0.4, 0.5) is 5.69 Å². The van der Waals surface area contributed by atoms with Crippen molar-refractivity contribution in [2.24, 2.45) is 0 Å². The van der Waals surface area contributed by atoms with Crippen LogP contribution in [-0.2, 0) is 10.0 Å². The van der Waals surface area contributed by atoms with Gasteiger partial charge in [-0.15, -0.1) is 0 Å². The van der Waals surface area contributed by atoms with E-state index in [-0.39, 0.29) is 4.90 Å². The topological polar surface area (TPSA) is 72.2 Å². The van der Waals surface area contributed by atoms with Crippen LogP contribution in [0.1, 0.15) is 33.6 Å². The maximum Gasteiger partial charge on any atom is 0.241 e. The zero-order valence-electron chi connectivity index (χ0n) is 10.5. The van der Waals surface area contributed by atoms with Crippen LogP contribution in [0.5, 0.6) is 0 Å². The second kappa shape index (κ2) is 5.06. The van der Waals surface area contributed by atoms with E-state index in [0.29, 0.717) is 5.69 Å². The Kier molecular flexibility index (Phi) is 4.16. The number of nitrogens with two attached hydrogens (primary N) is 1. The summed E-state index contributed by atoms with van der Waals surface area (Å²) < 4.78 is 27.0. The third-order valence-electron chi connectivity index (χ3n) is 3.11. The first-order valence-electron chi connectivity index (χ1n) is 5.72. The molecule has 0 fully saturated rings. The molecule has 0 aliphatic carbocycles. The molecule has 1 aromatic carbocycles. The van der Waals surface area contributed by atoms with E-state index in [1.54, 1.807) is 18.2 Å². The van der Waals surface area contributed by atoms with E-state index >= 15 is 0 Å². The van der Waals surface area contributed by atoms with E-state index in [1.807, 2.05) is 20.8 Å². The molecule has 0 aromatic heterocycles. The van der Waals surface area contributed by atoms with E-state index in [4.69, 9.17) is 5.73 Å². The largest absolute Gasteiger partial charge is 0.399 e. The molecule has 1 rings (SSSR count). The molecule has 0 heterocycles. The monoisotopic (exact) mass is 256 g/mol. The van der Waals surface area contributed by atoms with Crippen molar-refractivity contribution in [3.8, 4) is 0 Å². The number of nitrogen functional groups attached to an aromatic ring is 1. The van der Waals surface area contributed by atoms with E-state index in [2.05, 4.69) is 4.72 Å². The van der Waals surface area contributed by atoms with Crippen LogP contribution < -0.4 is 10.5 Å². The van der Waals surface area contributed by atoms with Crippen LogP contribution in [0, 0.1) is 0 Å². The van der Waals surface area contributed by atoms with Gasteiger partial charge in [0.15, 0.2) is 0 Å². The Hall–Kier alpha value is -1.07. The molecule has 0 radical (unpaired) electrons. The Labute approximate surface area is 103 Å². The van der Waals surface area contributed by atoms with Crippen molar-refractivity contribution in [2.45, 2.75) is 44.0 Å². The molecule has 0 amide bonds. The SMILES string of the molecule is CCC(C)(CC)NS(=O)(=O)c1cccc(N)c1. The number of hydrogen-bond donors (Lipinski definition) is 2. The predicted octanol–water partition coefficient (Wildman–Crippen LogP) is 2.13. The smallest absolute Gasteiger partial charge is 0.241 e. The average molecular weight is 256 g/mol. The van der Waals surface area contributed by atoms with Crippen LogP contribution in [-0.4, -0.2) is 14.0 Å². The third kappa shape index (κ3) is 3.44. The lowest BCUT2D eigenvalue weighted by atomic mass is 9.98. The molecule has 17 heavy (non-hydrogen) atoms. The van der Waals surface area contributed by atoms with Crippen molar-refractivity contribution in [1.82, 2.24) is 4.72 Å². The highest BCUT2D eigenvalue weighted by atomic mass is 32.2. The number of rotatable bonds is 5. The summed E-state index contributed by atoms with van der Waals surface area (Å²) in [6.07, 6.45) is 1.48. The van der Waals surface area contributed by atoms with Crippen molar-refractivity contribution in [3.63, 3.8) is 0 Å². The lowest BCUT2D eigenvalue weighted by Crippen LogP contribution is -2.44. The van der Waals surface area contributed by atoms with Gasteiger partial charge >= 0.3 is 0 Å². The molecule has 0 aliphatic heterocycles. The Bertz CT molecular complexity index is 479. The standard InChI is InChI=1S/C12H20N2O2S/c1-4-12(3,5-2)14-17(15,16)11-8-6-7-10(13)9-11/h6-9,14H,4-5,13H2,1-3H3. The Morgan fingerprint density at radius 2 is 1.88 bits per heavy atom. The summed E-state index contributed by atoms with van der Waals surface area (Å²) in [6, 6.07) is 6.31. The van der Waals surface area contributed by atoms with Crippen molar-refractivity contribution in [3.05, 3.63) is 24.3 Å². The van der Waals surface area contributed by atoms with Crippen LogP contribution >= 0.6 is 0 Å². The van der Waals surface area contributed by atoms with Crippen molar-refractivity contribution < 1.29 is 8.42 Å². The van der Waals surface area contributed by atoms with Crippen molar-refractivity contribution >= 4 is 15.7 Å². The molecule has 3 N–H and O–H groups in total. The first kappa shape index (κ1) is 14.0. The predicted molar refractivity (Wildman–Crippen MR) is 70.2 cm³/mol. The lowest BCUT2D eigenvalue weighted by molar-refractivity contribution is 0.388. The zero-order chi connectivity index (χ0) is 13.1. The molecule has 0 saturated carbocycles. The Balaban J connectivity index is 3.05. The van der Waals surface area contributed by atoms with Crippen LogP contribution in [0.2, 0.25) is 0 Å². The number of hydrogen-bond acceptors (Lipinski definition) is 3. The summed E-state index contributed by atoms with van der Waals surface area (Å²) in [5.41, 5.74) is 5.63. The summed E-state index contributed by atoms with van der Waals surface area (Å²) in [7, 11) is -3.49. The van der Waals surface area contributed by atoms with Gasteiger partial charge < -0.3 is 5.73 Å². The van der Waals surface area contributed by atoms with Crippen molar-refractivity contribution in [1.29, 1.82) is 0 Å². The Morgan fingerprint density at radius 3 is 2.35 bits per heavy atom. The summed E-state index contributed by atoms with van der Waals surface area (Å²) in [5, 5.41) is 0. The van der Waals surface area contributed by atoms with Gasteiger partial charge in [0.25, 0.3) is 0 Å². The van der Waals surface area contributed by atoms with Gasteiger partial charge in [-0.05, 0) is 38.0 Å². The maximum atomic E-state index is 12.2. The first-order valence-corrected chi connectivity index (χ1v) is 7.21. The molecule has 96 valence electrons. The van der Waals surface area contributed by atoms with E-state index in [1.165, 1.54) is 6.07 Å². The van der Waals surface area contributed by atoms with E-state index in [0.717, 1.165) is 12.8 Å². The molecule has 0 unspecified atom stereocenters. The van der Waals surface area contributed by atoms with Crippen LogP contribution in [0.15, 0.2) is 29.2 Å². The molecule has 0 atom stereocenters. The molecule has 0 spiro atoms. The van der Waals surface area contributed by atoms with Gasteiger partial charge in [-0.1, -0.05) is 19.9 Å². The molecule has 0 saturated heterocycles. The molecule has 0 bridgehead atoms. The molecule has 4 nitrogen and oxygen atoms in total. The fourth-order valence-corrected chi connectivity index (χ4v) is 3.06. The van der Waals surface area contributed by atoms with Gasteiger partial charge in [-0.3, -0.25) is 0 Å². The van der Waals surface area contributed by atoms with Gasteiger partial charge in [0, 0.05) is 11.2 Å². The van der Waals surface area contributed by atoms with Crippen LogP contribution in [0.3, 0.4) is 0 Å². The van der Waals surface area contributed by atoms with Gasteiger partial charge in [0.1, 0.15) is 0 Å². The fraction of sp³-hybridized carbons (Fsp3) is 0.500. The second-order valence-electron chi connectivity index (χ2n) is 4.45. The summed E-state index contributed by atoms with van der Waals surface area (Å²) in [5.74, 6) is 0. The van der Waals surface area contributed by atoms with Crippen molar-refractivity contribution in [2.75, 3.05) is 5.73 Å². The highest BCUT2D eigenvalue weighted by Gasteiger charge is 2.27. The fourth-order valence-electron chi connectivity index (χ4n) is 1.46. The minimum absolute atomic E-state index is 0.214. The third-order valence-corrected chi connectivity index (χ3v) is 4.75. The molecular weight excluding hydrogens is 236 g/mol. The first-order chi connectivity index (χ1) is 7.83. The normalized spacial score (nSPS) is 12.6. The molecule has 5 heteroatoms. The zero-order valence-corrected chi connectivity index (χ0v) is 11.3. The number of nitrogens with one attached hydrogen (secondary N) is 1. The quantitative estimate of drug-likeness (QED) is 0.793. The van der Waals surface area contributed by atoms with E-state index in [9.17, 15) is 8.42 Å². The summed E-state index contributed by atoms with van der Waals surface area (Å²) >= 11 is 0.